The molecular formula is C29H36F3N3O. The van der Waals surface area contributed by atoms with Crippen molar-refractivity contribution in [2.24, 2.45) is 0 Å². The quantitative estimate of drug-likeness (QED) is 0.390. The number of aromatic nitrogens is 1. The van der Waals surface area contributed by atoms with Crippen molar-refractivity contribution < 1.29 is 17.9 Å². The molecule has 0 bridgehead atoms. The number of ether oxygens (including phenoxy) is 1. The van der Waals surface area contributed by atoms with Gasteiger partial charge in [0.2, 0.25) is 0 Å². The number of aromatic amines is 1. The highest BCUT2D eigenvalue weighted by atomic mass is 19.1. The van der Waals surface area contributed by atoms with Crippen LogP contribution in [0.5, 0.6) is 5.75 Å². The van der Waals surface area contributed by atoms with Gasteiger partial charge in [-0.3, -0.25) is 9.80 Å². The summed E-state index contributed by atoms with van der Waals surface area (Å²) in [6.07, 6.45) is 2.87. The molecular weight excluding hydrogens is 463 g/mol. The van der Waals surface area contributed by atoms with E-state index in [9.17, 15) is 4.39 Å². The summed E-state index contributed by atoms with van der Waals surface area (Å²) in [6, 6.07) is 9.58. The van der Waals surface area contributed by atoms with Gasteiger partial charge < -0.3 is 9.72 Å². The molecule has 2 aromatic carbocycles. The Balaban J connectivity index is 1.50. The third kappa shape index (κ3) is 4.88. The van der Waals surface area contributed by atoms with Crippen LogP contribution in [0.3, 0.4) is 0 Å². The lowest BCUT2D eigenvalue weighted by Crippen LogP contribution is -2.53. The monoisotopic (exact) mass is 499 g/mol. The van der Waals surface area contributed by atoms with E-state index in [0.29, 0.717) is 6.42 Å². The number of benzene rings is 2. The van der Waals surface area contributed by atoms with Crippen LogP contribution < -0.4 is 4.74 Å². The predicted octanol–water partition coefficient (Wildman–Crippen LogP) is 6.39. The maximum atomic E-state index is 15.7. The Labute approximate surface area is 211 Å². The third-order valence-electron chi connectivity index (χ3n) is 7.46. The minimum Gasteiger partial charge on any atom is -0.488 e. The summed E-state index contributed by atoms with van der Waals surface area (Å²) in [7, 11) is 0. The van der Waals surface area contributed by atoms with Crippen molar-refractivity contribution in [1.82, 2.24) is 14.8 Å². The number of likely N-dealkylation sites (tertiary alicyclic amines) is 1. The highest BCUT2D eigenvalue weighted by Gasteiger charge is 2.41. The number of hydrogen-bond acceptors (Lipinski definition) is 3. The summed E-state index contributed by atoms with van der Waals surface area (Å²) >= 11 is 0. The lowest BCUT2D eigenvalue weighted by molar-refractivity contribution is 0.0188. The van der Waals surface area contributed by atoms with E-state index in [1.165, 1.54) is 26.0 Å². The molecule has 1 aromatic heterocycles. The van der Waals surface area contributed by atoms with E-state index >= 15 is 8.78 Å². The lowest BCUT2D eigenvalue weighted by Gasteiger charge is -2.43. The molecule has 4 nitrogen and oxygen atoms in total. The molecule has 0 saturated carbocycles. The zero-order valence-corrected chi connectivity index (χ0v) is 21.6. The van der Waals surface area contributed by atoms with Crippen LogP contribution in [0.2, 0.25) is 0 Å². The number of alkyl halides is 1. The van der Waals surface area contributed by atoms with Crippen LogP contribution in [-0.2, 0) is 6.42 Å². The smallest absolute Gasteiger partial charge is 0.135 e. The summed E-state index contributed by atoms with van der Waals surface area (Å²) in [5, 5.41) is 1.04. The first kappa shape index (κ1) is 25.2. The fourth-order valence-electron chi connectivity index (χ4n) is 5.74. The van der Waals surface area contributed by atoms with Gasteiger partial charge in [-0.2, -0.15) is 0 Å². The normalized spacial score (nSPS) is 21.5. The molecule has 0 aliphatic carbocycles. The van der Waals surface area contributed by atoms with Crippen LogP contribution in [0, 0.1) is 11.6 Å². The van der Waals surface area contributed by atoms with Gasteiger partial charge in [-0.25, -0.2) is 13.2 Å². The first-order valence-corrected chi connectivity index (χ1v) is 13.1. The summed E-state index contributed by atoms with van der Waals surface area (Å²) in [5.74, 6) is -1.14. The Kier molecular flexibility index (Phi) is 6.81. The molecule has 0 unspecified atom stereocenters. The molecule has 194 valence electrons. The molecule has 1 N–H and O–H groups in total. The molecule has 0 spiro atoms. The zero-order valence-electron chi connectivity index (χ0n) is 21.6. The number of H-pyrrole nitrogens is 1. The van der Waals surface area contributed by atoms with Crippen LogP contribution in [-0.4, -0.2) is 58.8 Å². The number of para-hydroxylation sites is 1. The van der Waals surface area contributed by atoms with E-state index in [-0.39, 0.29) is 30.0 Å². The zero-order chi connectivity index (χ0) is 25.6. The maximum absolute atomic E-state index is 15.7. The number of halogens is 3. The second-order valence-corrected chi connectivity index (χ2v) is 11.1. The van der Waals surface area contributed by atoms with Gasteiger partial charge in [0.1, 0.15) is 29.2 Å². The number of nitrogens with zero attached hydrogens (tertiary/aromatic N) is 2. The minimum absolute atomic E-state index is 0.0560. The fraction of sp³-hybridized carbons (Fsp3) is 0.517. The first-order valence-electron chi connectivity index (χ1n) is 13.1. The van der Waals surface area contributed by atoms with Crippen molar-refractivity contribution in [2.75, 3.05) is 26.2 Å². The SMILES string of the molecule is CCCCN1CC(Oc2cc(F)c([C@@H]3c4[nH]c5ccccc5c4C[C@@H](C)N3CC(C)(C)F)c(F)c2)C1. The van der Waals surface area contributed by atoms with E-state index in [0.717, 1.165) is 54.6 Å². The highest BCUT2D eigenvalue weighted by molar-refractivity contribution is 5.85. The van der Waals surface area contributed by atoms with Gasteiger partial charge in [0.25, 0.3) is 0 Å². The van der Waals surface area contributed by atoms with Crippen molar-refractivity contribution in [2.45, 2.75) is 70.8 Å². The largest absolute Gasteiger partial charge is 0.488 e. The van der Waals surface area contributed by atoms with E-state index in [1.807, 2.05) is 36.1 Å². The van der Waals surface area contributed by atoms with E-state index in [4.69, 9.17) is 4.74 Å². The van der Waals surface area contributed by atoms with E-state index in [2.05, 4.69) is 16.8 Å². The van der Waals surface area contributed by atoms with Gasteiger partial charge >= 0.3 is 0 Å². The number of fused-ring (bicyclic) bond motifs is 3. The Morgan fingerprint density at radius 2 is 1.81 bits per heavy atom. The second kappa shape index (κ2) is 9.75. The number of unbranched alkanes of at least 4 members (excludes halogenated alkanes) is 1. The molecule has 5 rings (SSSR count). The van der Waals surface area contributed by atoms with Crippen LogP contribution in [0.25, 0.3) is 10.9 Å². The molecule has 7 heteroatoms. The summed E-state index contributed by atoms with van der Waals surface area (Å²) in [4.78, 5) is 7.58. The van der Waals surface area contributed by atoms with Gasteiger partial charge in [-0.1, -0.05) is 31.5 Å². The van der Waals surface area contributed by atoms with Crippen molar-refractivity contribution in [3.8, 4) is 5.75 Å². The van der Waals surface area contributed by atoms with E-state index in [1.54, 1.807) is 0 Å². The molecule has 2 aliphatic rings. The molecule has 0 radical (unpaired) electrons. The second-order valence-electron chi connectivity index (χ2n) is 11.1. The fourth-order valence-corrected chi connectivity index (χ4v) is 5.74. The molecule has 2 atom stereocenters. The molecule has 2 aliphatic heterocycles. The maximum Gasteiger partial charge on any atom is 0.135 e. The minimum atomic E-state index is -1.53. The van der Waals surface area contributed by atoms with Crippen molar-refractivity contribution in [1.29, 1.82) is 0 Å². The number of hydrogen-bond donors (Lipinski definition) is 1. The molecule has 1 fully saturated rings. The van der Waals surface area contributed by atoms with Crippen LogP contribution >= 0.6 is 0 Å². The van der Waals surface area contributed by atoms with Gasteiger partial charge in [0, 0.05) is 60.0 Å². The standard InChI is InChI=1S/C29H36F3N3O/c1-5-6-11-34-15-20(16-34)36-19-13-23(30)26(24(31)14-19)28-27-22(21-9-7-8-10-25(21)33-27)12-18(2)35(28)17-29(3,4)32/h7-10,13-14,18,20,28,33H,5-6,11-12,15-17H2,1-4H3/t18-,28-/m1/s1. The summed E-state index contributed by atoms with van der Waals surface area (Å²) in [5.41, 5.74) is 1.09. The van der Waals surface area contributed by atoms with Gasteiger partial charge in [-0.05, 0) is 51.8 Å². The molecule has 3 heterocycles. The molecule has 1 saturated heterocycles. The van der Waals surface area contributed by atoms with Crippen LogP contribution in [0.1, 0.15) is 63.4 Å². The predicted molar refractivity (Wildman–Crippen MR) is 137 cm³/mol. The first-order chi connectivity index (χ1) is 17.1. The van der Waals surface area contributed by atoms with Crippen molar-refractivity contribution in [3.05, 3.63) is 64.9 Å². The van der Waals surface area contributed by atoms with Gasteiger partial charge in [0.05, 0.1) is 6.04 Å². The van der Waals surface area contributed by atoms with Gasteiger partial charge in [-0.15, -0.1) is 0 Å². The Bertz CT molecular complexity index is 1210. The van der Waals surface area contributed by atoms with Crippen molar-refractivity contribution in [3.63, 3.8) is 0 Å². The molecule has 36 heavy (non-hydrogen) atoms. The average Bonchev–Trinajstić information content (AvgIpc) is 3.14. The Morgan fingerprint density at radius 3 is 2.47 bits per heavy atom. The molecule has 3 aromatic rings. The highest BCUT2D eigenvalue weighted by Crippen LogP contribution is 2.43. The average molecular weight is 500 g/mol. The number of rotatable bonds is 8. The summed E-state index contributed by atoms with van der Waals surface area (Å²) < 4.78 is 52.3. The Morgan fingerprint density at radius 1 is 1.11 bits per heavy atom. The van der Waals surface area contributed by atoms with Crippen molar-refractivity contribution >= 4 is 10.9 Å². The van der Waals surface area contributed by atoms with Gasteiger partial charge in [0.15, 0.2) is 0 Å². The van der Waals surface area contributed by atoms with E-state index < -0.39 is 23.3 Å². The lowest BCUT2D eigenvalue weighted by atomic mass is 9.87. The van der Waals surface area contributed by atoms with Crippen LogP contribution in [0.15, 0.2) is 36.4 Å². The number of nitrogens with one attached hydrogen (secondary N) is 1. The van der Waals surface area contributed by atoms with Crippen LogP contribution in [0.4, 0.5) is 13.2 Å². The third-order valence-corrected chi connectivity index (χ3v) is 7.46. The summed E-state index contributed by atoms with van der Waals surface area (Å²) in [6.45, 7) is 9.77. The Hall–Kier alpha value is -2.51. The molecule has 0 amide bonds. The topological polar surface area (TPSA) is 31.5 Å².